The second-order valence-corrected chi connectivity index (χ2v) is 5.35. The molecule has 110 valence electrons. The zero-order chi connectivity index (χ0) is 14.7. The first-order valence-electron chi connectivity index (χ1n) is 7.23. The van der Waals surface area contributed by atoms with E-state index in [-0.39, 0.29) is 11.7 Å². The number of aromatic nitrogens is 3. The Morgan fingerprint density at radius 2 is 2.10 bits per heavy atom. The minimum atomic E-state index is -0.265. The van der Waals surface area contributed by atoms with Crippen molar-refractivity contribution in [2.75, 3.05) is 13.7 Å². The summed E-state index contributed by atoms with van der Waals surface area (Å²) in [4.78, 5) is 16.4. The maximum absolute atomic E-state index is 12.1. The lowest BCUT2D eigenvalue weighted by atomic mass is 10.1. The quantitative estimate of drug-likeness (QED) is 0.929. The van der Waals surface area contributed by atoms with Gasteiger partial charge < -0.3 is 10.1 Å². The third kappa shape index (κ3) is 3.09. The minimum absolute atomic E-state index is 0.105. The summed E-state index contributed by atoms with van der Waals surface area (Å²) >= 11 is 0. The van der Waals surface area contributed by atoms with Gasteiger partial charge in [-0.2, -0.15) is 0 Å². The molecule has 6 heteroatoms. The summed E-state index contributed by atoms with van der Waals surface area (Å²) in [5, 5.41) is 10.8. The lowest BCUT2D eigenvalue weighted by Gasteiger charge is -2.09. The largest absolute Gasteiger partial charge is 0.497 e. The van der Waals surface area contributed by atoms with E-state index >= 15 is 0 Å². The van der Waals surface area contributed by atoms with E-state index in [2.05, 4.69) is 20.5 Å². The number of rotatable bonds is 4. The summed E-state index contributed by atoms with van der Waals surface area (Å²) in [6, 6.07) is 5.31. The SMILES string of the molecule is COc1ccc2nnc(C(=O)NCC3CCCC3)nc2c1. The van der Waals surface area contributed by atoms with Gasteiger partial charge in [0.25, 0.3) is 5.91 Å². The monoisotopic (exact) mass is 286 g/mol. The average molecular weight is 286 g/mol. The number of nitrogens with zero attached hydrogens (tertiary/aromatic N) is 3. The molecule has 1 aromatic heterocycles. The minimum Gasteiger partial charge on any atom is -0.497 e. The maximum Gasteiger partial charge on any atom is 0.291 e. The van der Waals surface area contributed by atoms with E-state index in [9.17, 15) is 4.79 Å². The van der Waals surface area contributed by atoms with Gasteiger partial charge in [0.2, 0.25) is 5.82 Å². The van der Waals surface area contributed by atoms with E-state index in [1.165, 1.54) is 25.7 Å². The number of nitrogens with one attached hydrogen (secondary N) is 1. The standard InChI is InChI=1S/C15H18N4O2/c1-21-11-6-7-12-13(8-11)17-14(19-18-12)15(20)16-9-10-4-2-3-5-10/h6-8,10H,2-5,9H2,1H3,(H,16,20). The number of methoxy groups -OCH3 is 1. The molecular formula is C15H18N4O2. The normalized spacial score (nSPS) is 15.3. The molecule has 0 bridgehead atoms. The van der Waals surface area contributed by atoms with Gasteiger partial charge in [-0.1, -0.05) is 12.8 Å². The van der Waals surface area contributed by atoms with Crippen molar-refractivity contribution >= 4 is 16.9 Å². The number of fused-ring (bicyclic) bond motifs is 1. The van der Waals surface area contributed by atoms with E-state index in [4.69, 9.17) is 4.74 Å². The molecule has 21 heavy (non-hydrogen) atoms. The van der Waals surface area contributed by atoms with Crippen LogP contribution in [0.3, 0.4) is 0 Å². The number of benzene rings is 1. The molecular weight excluding hydrogens is 268 g/mol. The van der Waals surface area contributed by atoms with Gasteiger partial charge in [-0.25, -0.2) is 4.98 Å². The van der Waals surface area contributed by atoms with Crippen molar-refractivity contribution in [2.45, 2.75) is 25.7 Å². The van der Waals surface area contributed by atoms with Crippen molar-refractivity contribution in [1.29, 1.82) is 0 Å². The molecule has 6 nitrogen and oxygen atoms in total. The predicted octanol–water partition coefficient (Wildman–Crippen LogP) is 1.95. The van der Waals surface area contributed by atoms with Gasteiger partial charge in [0.1, 0.15) is 11.3 Å². The zero-order valence-electron chi connectivity index (χ0n) is 12.0. The van der Waals surface area contributed by atoms with E-state index in [1.807, 2.05) is 0 Å². The average Bonchev–Trinajstić information content (AvgIpc) is 3.04. The zero-order valence-corrected chi connectivity index (χ0v) is 12.0. The molecule has 0 unspecified atom stereocenters. The number of amides is 1. The van der Waals surface area contributed by atoms with Gasteiger partial charge in [-0.3, -0.25) is 4.79 Å². The predicted molar refractivity (Wildman–Crippen MR) is 78.2 cm³/mol. The van der Waals surface area contributed by atoms with Crippen LogP contribution in [0.4, 0.5) is 0 Å². The fourth-order valence-corrected chi connectivity index (χ4v) is 2.67. The molecule has 1 heterocycles. The van der Waals surface area contributed by atoms with Crippen LogP contribution in [0.15, 0.2) is 18.2 Å². The fraction of sp³-hybridized carbons (Fsp3) is 0.467. The number of carbonyl (C=O) groups is 1. The van der Waals surface area contributed by atoms with E-state index in [0.717, 1.165) is 0 Å². The first kappa shape index (κ1) is 13.7. The lowest BCUT2D eigenvalue weighted by Crippen LogP contribution is -2.30. The molecule has 1 N–H and O–H groups in total. The van der Waals surface area contributed by atoms with Crippen LogP contribution in [0.2, 0.25) is 0 Å². The van der Waals surface area contributed by atoms with Gasteiger partial charge in [-0.15, -0.1) is 10.2 Å². The Kier molecular flexibility index (Phi) is 3.94. The first-order chi connectivity index (χ1) is 10.3. The van der Waals surface area contributed by atoms with Crippen LogP contribution in [-0.2, 0) is 0 Å². The molecule has 1 aliphatic rings. The number of hydrogen-bond donors (Lipinski definition) is 1. The Labute approximate surface area is 122 Å². The van der Waals surface area contributed by atoms with E-state index in [1.54, 1.807) is 25.3 Å². The Morgan fingerprint density at radius 3 is 2.86 bits per heavy atom. The van der Waals surface area contributed by atoms with Crippen molar-refractivity contribution in [2.24, 2.45) is 5.92 Å². The molecule has 0 atom stereocenters. The molecule has 3 rings (SSSR count). The van der Waals surface area contributed by atoms with Crippen LogP contribution in [0, 0.1) is 5.92 Å². The van der Waals surface area contributed by atoms with Crippen molar-refractivity contribution in [3.8, 4) is 5.75 Å². The molecule has 0 saturated heterocycles. The molecule has 1 amide bonds. The molecule has 2 aromatic rings. The number of carbonyl (C=O) groups excluding carboxylic acids is 1. The van der Waals surface area contributed by atoms with Crippen LogP contribution in [0.25, 0.3) is 11.0 Å². The van der Waals surface area contributed by atoms with Crippen LogP contribution in [0.1, 0.15) is 36.3 Å². The topological polar surface area (TPSA) is 77.0 Å². The summed E-state index contributed by atoms with van der Waals surface area (Å²) in [5.41, 5.74) is 1.25. The summed E-state index contributed by atoms with van der Waals surface area (Å²) in [5.74, 6) is 1.11. The van der Waals surface area contributed by atoms with E-state index in [0.29, 0.717) is 29.2 Å². The summed E-state index contributed by atoms with van der Waals surface area (Å²) in [6.07, 6.45) is 4.89. The molecule has 0 spiro atoms. The van der Waals surface area contributed by atoms with Crippen molar-refractivity contribution in [1.82, 2.24) is 20.5 Å². The Balaban J connectivity index is 1.74. The Bertz CT molecular complexity index is 653. The first-order valence-corrected chi connectivity index (χ1v) is 7.23. The van der Waals surface area contributed by atoms with Crippen LogP contribution >= 0.6 is 0 Å². The molecule has 0 aliphatic heterocycles. The number of ether oxygens (including phenoxy) is 1. The summed E-state index contributed by atoms with van der Waals surface area (Å²) in [6.45, 7) is 0.693. The smallest absolute Gasteiger partial charge is 0.291 e. The lowest BCUT2D eigenvalue weighted by molar-refractivity contribution is 0.0936. The second-order valence-electron chi connectivity index (χ2n) is 5.35. The highest BCUT2D eigenvalue weighted by atomic mass is 16.5. The summed E-state index contributed by atoms with van der Waals surface area (Å²) < 4.78 is 5.15. The molecule has 1 aromatic carbocycles. The molecule has 1 fully saturated rings. The number of hydrogen-bond acceptors (Lipinski definition) is 5. The van der Waals surface area contributed by atoms with Gasteiger partial charge in [0, 0.05) is 12.6 Å². The fourth-order valence-electron chi connectivity index (χ4n) is 2.67. The molecule has 1 saturated carbocycles. The van der Waals surface area contributed by atoms with Crippen molar-refractivity contribution in [3.05, 3.63) is 24.0 Å². The Morgan fingerprint density at radius 1 is 1.29 bits per heavy atom. The van der Waals surface area contributed by atoms with Crippen molar-refractivity contribution in [3.63, 3.8) is 0 Å². The van der Waals surface area contributed by atoms with Crippen LogP contribution in [0.5, 0.6) is 5.75 Å². The highest BCUT2D eigenvalue weighted by molar-refractivity contribution is 5.91. The van der Waals surface area contributed by atoms with Gasteiger partial charge in [0.15, 0.2) is 0 Å². The van der Waals surface area contributed by atoms with Crippen LogP contribution in [-0.4, -0.2) is 34.7 Å². The van der Waals surface area contributed by atoms with Crippen LogP contribution < -0.4 is 10.1 Å². The van der Waals surface area contributed by atoms with Gasteiger partial charge in [0.05, 0.1) is 12.6 Å². The second kappa shape index (κ2) is 6.03. The van der Waals surface area contributed by atoms with E-state index < -0.39 is 0 Å². The molecule has 0 radical (unpaired) electrons. The van der Waals surface area contributed by atoms with Gasteiger partial charge >= 0.3 is 0 Å². The highest BCUT2D eigenvalue weighted by Gasteiger charge is 2.17. The maximum atomic E-state index is 12.1. The summed E-state index contributed by atoms with van der Waals surface area (Å²) in [7, 11) is 1.59. The molecule has 1 aliphatic carbocycles. The van der Waals surface area contributed by atoms with Gasteiger partial charge in [-0.05, 0) is 30.9 Å². The van der Waals surface area contributed by atoms with Crippen molar-refractivity contribution < 1.29 is 9.53 Å². The highest BCUT2D eigenvalue weighted by Crippen LogP contribution is 2.23. The third-order valence-electron chi connectivity index (χ3n) is 3.89. The third-order valence-corrected chi connectivity index (χ3v) is 3.89. The Hall–Kier alpha value is -2.24.